The molecular weight excluding hydrogens is 264 g/mol. The molecule has 1 aliphatic carbocycles. The van der Waals surface area contributed by atoms with Gasteiger partial charge in [0.15, 0.2) is 0 Å². The first-order valence-electron chi connectivity index (χ1n) is 7.03. The summed E-state index contributed by atoms with van der Waals surface area (Å²) in [6.07, 6.45) is 3.47. The van der Waals surface area contributed by atoms with E-state index in [1.54, 1.807) is 4.31 Å². The lowest BCUT2D eigenvalue weighted by molar-refractivity contribution is 0.160. The van der Waals surface area contributed by atoms with Crippen LogP contribution in [0, 0.1) is 5.41 Å². The Bertz CT molecular complexity index is 425. The van der Waals surface area contributed by atoms with Gasteiger partial charge in [0.05, 0.1) is 11.3 Å². The molecule has 19 heavy (non-hydrogen) atoms. The van der Waals surface area contributed by atoms with Crippen LogP contribution in [0.15, 0.2) is 0 Å². The Hall–Kier alpha value is -0.660. The monoisotopic (exact) mass is 288 g/mol. The van der Waals surface area contributed by atoms with Gasteiger partial charge in [-0.25, -0.2) is 8.42 Å². The molecule has 6 nitrogen and oxygen atoms in total. The number of amidine groups is 1. The second-order valence-electron chi connectivity index (χ2n) is 5.44. The van der Waals surface area contributed by atoms with E-state index in [4.69, 9.17) is 11.1 Å². The SMILES string of the molecule is CCCC(C(=N)N)N1CCN(S(=O)(=O)C2CC2)CC1. The van der Waals surface area contributed by atoms with E-state index in [2.05, 4.69) is 11.8 Å². The predicted octanol–water partition coefficient (Wildman–Crippen LogP) is 0.201. The largest absolute Gasteiger partial charge is 0.386 e. The number of hydrogen-bond acceptors (Lipinski definition) is 4. The fraction of sp³-hybridized carbons (Fsp3) is 0.917. The third-order valence-electron chi connectivity index (χ3n) is 3.94. The highest BCUT2D eigenvalue weighted by atomic mass is 32.2. The molecule has 2 aliphatic rings. The molecule has 0 aromatic heterocycles. The third kappa shape index (κ3) is 3.27. The van der Waals surface area contributed by atoms with Crippen molar-refractivity contribution in [3.05, 3.63) is 0 Å². The smallest absolute Gasteiger partial charge is 0.217 e. The second-order valence-corrected chi connectivity index (χ2v) is 7.65. The Kier molecular flexibility index (Phi) is 4.47. The number of nitrogens with zero attached hydrogens (tertiary/aromatic N) is 2. The third-order valence-corrected chi connectivity index (χ3v) is 6.34. The standard InChI is InChI=1S/C12H24N4O2S/c1-2-3-11(12(13)14)15-6-8-16(9-7-15)19(17,18)10-4-5-10/h10-11H,2-9H2,1H3,(H3,13,14). The first kappa shape index (κ1) is 14.7. The van der Waals surface area contributed by atoms with Gasteiger partial charge in [0.2, 0.25) is 10.0 Å². The van der Waals surface area contributed by atoms with Gasteiger partial charge >= 0.3 is 0 Å². The van der Waals surface area contributed by atoms with E-state index >= 15 is 0 Å². The number of hydrogen-bond donors (Lipinski definition) is 2. The lowest BCUT2D eigenvalue weighted by Crippen LogP contribution is -2.55. The molecule has 0 bridgehead atoms. The van der Waals surface area contributed by atoms with Crippen molar-refractivity contribution in [2.24, 2.45) is 5.73 Å². The van der Waals surface area contributed by atoms with Gasteiger partial charge in [-0.3, -0.25) is 10.3 Å². The van der Waals surface area contributed by atoms with Gasteiger partial charge in [-0.15, -0.1) is 0 Å². The van der Waals surface area contributed by atoms with Gasteiger partial charge in [0.1, 0.15) is 5.84 Å². The van der Waals surface area contributed by atoms with E-state index in [0.29, 0.717) is 26.2 Å². The Morgan fingerprint density at radius 1 is 1.32 bits per heavy atom. The van der Waals surface area contributed by atoms with E-state index in [9.17, 15) is 8.42 Å². The van der Waals surface area contributed by atoms with E-state index < -0.39 is 10.0 Å². The maximum Gasteiger partial charge on any atom is 0.217 e. The van der Waals surface area contributed by atoms with E-state index in [0.717, 1.165) is 25.7 Å². The van der Waals surface area contributed by atoms with Crippen molar-refractivity contribution in [3.8, 4) is 0 Å². The number of nitrogens with two attached hydrogens (primary N) is 1. The van der Waals surface area contributed by atoms with E-state index in [-0.39, 0.29) is 17.1 Å². The molecule has 3 N–H and O–H groups in total. The Morgan fingerprint density at radius 2 is 1.89 bits per heavy atom. The van der Waals surface area contributed by atoms with Crippen LogP contribution in [0.3, 0.4) is 0 Å². The molecule has 1 unspecified atom stereocenters. The van der Waals surface area contributed by atoms with Gasteiger partial charge < -0.3 is 5.73 Å². The number of sulfonamides is 1. The van der Waals surface area contributed by atoms with Crippen LogP contribution >= 0.6 is 0 Å². The molecule has 110 valence electrons. The lowest BCUT2D eigenvalue weighted by Gasteiger charge is -2.38. The average molecular weight is 288 g/mol. The molecule has 2 fully saturated rings. The molecule has 1 saturated heterocycles. The topological polar surface area (TPSA) is 90.5 Å². The van der Waals surface area contributed by atoms with Crippen molar-refractivity contribution in [3.63, 3.8) is 0 Å². The first-order chi connectivity index (χ1) is 8.96. The van der Waals surface area contributed by atoms with Gasteiger partial charge in [-0.1, -0.05) is 13.3 Å². The van der Waals surface area contributed by atoms with Gasteiger partial charge in [0, 0.05) is 26.2 Å². The minimum atomic E-state index is -3.05. The highest BCUT2D eigenvalue weighted by Crippen LogP contribution is 2.31. The van der Waals surface area contributed by atoms with Crippen molar-refractivity contribution in [2.45, 2.75) is 43.9 Å². The van der Waals surface area contributed by atoms with Gasteiger partial charge in [-0.05, 0) is 19.3 Å². The minimum absolute atomic E-state index is 0.0317. The molecular formula is C12H24N4O2S. The Labute approximate surface area is 115 Å². The fourth-order valence-electron chi connectivity index (χ4n) is 2.65. The molecule has 0 aromatic carbocycles. The normalized spacial score (nSPS) is 24.3. The zero-order valence-electron chi connectivity index (χ0n) is 11.5. The highest BCUT2D eigenvalue weighted by Gasteiger charge is 2.41. The summed E-state index contributed by atoms with van der Waals surface area (Å²) in [6.45, 7) is 4.49. The predicted molar refractivity (Wildman–Crippen MR) is 75.7 cm³/mol. The summed E-state index contributed by atoms with van der Waals surface area (Å²) in [4.78, 5) is 2.14. The molecule has 1 heterocycles. The first-order valence-corrected chi connectivity index (χ1v) is 8.54. The van der Waals surface area contributed by atoms with E-state index in [1.807, 2.05) is 0 Å². The summed E-state index contributed by atoms with van der Waals surface area (Å²) in [5, 5.41) is 7.52. The molecule has 0 amide bonds. The molecule has 1 aliphatic heterocycles. The molecule has 1 saturated carbocycles. The van der Waals surface area contributed by atoms with Crippen LogP contribution in [0.2, 0.25) is 0 Å². The van der Waals surface area contributed by atoms with Crippen LogP contribution < -0.4 is 5.73 Å². The highest BCUT2D eigenvalue weighted by molar-refractivity contribution is 7.90. The summed E-state index contributed by atoms with van der Waals surface area (Å²) < 4.78 is 25.9. The van der Waals surface area contributed by atoms with Crippen molar-refractivity contribution >= 4 is 15.9 Å². The van der Waals surface area contributed by atoms with Crippen LogP contribution in [0.25, 0.3) is 0 Å². The lowest BCUT2D eigenvalue weighted by atomic mass is 10.1. The summed E-state index contributed by atoms with van der Waals surface area (Å²) in [7, 11) is -3.05. The molecule has 0 spiro atoms. The zero-order valence-corrected chi connectivity index (χ0v) is 12.3. The van der Waals surface area contributed by atoms with Gasteiger partial charge in [-0.2, -0.15) is 4.31 Å². The number of nitrogens with one attached hydrogen (secondary N) is 1. The van der Waals surface area contributed by atoms with E-state index in [1.165, 1.54) is 0 Å². The second kappa shape index (κ2) is 5.76. The molecule has 1 atom stereocenters. The van der Waals surface area contributed by atoms with Crippen molar-refractivity contribution in [1.82, 2.24) is 9.21 Å². The molecule has 0 radical (unpaired) electrons. The van der Waals surface area contributed by atoms with Gasteiger partial charge in [0.25, 0.3) is 0 Å². The summed E-state index contributed by atoms with van der Waals surface area (Å²) in [5.41, 5.74) is 5.64. The summed E-state index contributed by atoms with van der Waals surface area (Å²) in [5.74, 6) is 0.195. The maximum absolute atomic E-state index is 12.1. The average Bonchev–Trinajstić information content (AvgIpc) is 3.20. The summed E-state index contributed by atoms with van der Waals surface area (Å²) >= 11 is 0. The molecule has 0 aromatic rings. The number of rotatable bonds is 6. The van der Waals surface area contributed by atoms with Crippen molar-refractivity contribution in [1.29, 1.82) is 5.41 Å². The van der Waals surface area contributed by atoms with Crippen LogP contribution in [0.1, 0.15) is 32.6 Å². The van der Waals surface area contributed by atoms with Crippen LogP contribution in [0.5, 0.6) is 0 Å². The molecule has 2 rings (SSSR count). The van der Waals surface area contributed by atoms with Crippen LogP contribution in [0.4, 0.5) is 0 Å². The maximum atomic E-state index is 12.1. The van der Waals surface area contributed by atoms with Crippen molar-refractivity contribution < 1.29 is 8.42 Å². The van der Waals surface area contributed by atoms with Crippen molar-refractivity contribution in [2.75, 3.05) is 26.2 Å². The fourth-order valence-corrected chi connectivity index (χ4v) is 4.48. The Balaban J connectivity index is 1.92. The molecule has 7 heteroatoms. The quantitative estimate of drug-likeness (QED) is 0.539. The Morgan fingerprint density at radius 3 is 2.32 bits per heavy atom. The zero-order chi connectivity index (χ0) is 14.0. The van der Waals surface area contributed by atoms with Crippen LogP contribution in [-0.4, -0.2) is 60.9 Å². The minimum Gasteiger partial charge on any atom is -0.386 e. The van der Waals surface area contributed by atoms with Crippen LogP contribution in [-0.2, 0) is 10.0 Å². The number of piperazine rings is 1. The summed E-state index contributed by atoms with van der Waals surface area (Å²) in [6, 6.07) is -0.0317.